The Morgan fingerprint density at radius 1 is 1.04 bits per heavy atom. The van der Waals surface area contributed by atoms with Crippen LogP contribution in [0.2, 0.25) is 0 Å². The molecule has 24 heavy (non-hydrogen) atoms. The van der Waals surface area contributed by atoms with Gasteiger partial charge < -0.3 is 5.32 Å². The molecular formula is C17H17FN2O3S. The van der Waals surface area contributed by atoms with Crippen molar-refractivity contribution in [1.29, 1.82) is 0 Å². The second kappa shape index (κ2) is 6.70. The monoisotopic (exact) mass is 348 g/mol. The van der Waals surface area contributed by atoms with Crippen LogP contribution in [0.1, 0.15) is 23.2 Å². The van der Waals surface area contributed by atoms with Gasteiger partial charge >= 0.3 is 0 Å². The van der Waals surface area contributed by atoms with E-state index in [1.807, 2.05) is 0 Å². The van der Waals surface area contributed by atoms with Crippen LogP contribution < -0.4 is 5.32 Å². The Morgan fingerprint density at radius 3 is 2.33 bits per heavy atom. The number of nitrogens with zero attached hydrogens (tertiary/aromatic N) is 1. The predicted molar refractivity (Wildman–Crippen MR) is 88.8 cm³/mol. The van der Waals surface area contributed by atoms with Crippen LogP contribution in [0.5, 0.6) is 0 Å². The highest BCUT2D eigenvalue weighted by atomic mass is 32.2. The Morgan fingerprint density at radius 2 is 1.71 bits per heavy atom. The van der Waals surface area contributed by atoms with E-state index in [1.54, 1.807) is 0 Å². The maximum Gasteiger partial charge on any atom is 0.255 e. The third-order valence-electron chi connectivity index (χ3n) is 3.90. The summed E-state index contributed by atoms with van der Waals surface area (Å²) in [5.41, 5.74) is 0.647. The number of benzene rings is 2. The van der Waals surface area contributed by atoms with Crippen molar-refractivity contribution >= 4 is 21.6 Å². The number of hydrogen-bond acceptors (Lipinski definition) is 3. The fraction of sp³-hybridized carbons (Fsp3) is 0.235. The summed E-state index contributed by atoms with van der Waals surface area (Å²) in [5.74, 6) is -0.945. The van der Waals surface area contributed by atoms with Gasteiger partial charge in [-0.05, 0) is 55.3 Å². The number of halogens is 1. The molecule has 1 amide bonds. The summed E-state index contributed by atoms with van der Waals surface area (Å²) in [6.07, 6.45) is 1.75. The number of nitrogens with one attached hydrogen (secondary N) is 1. The quantitative estimate of drug-likeness (QED) is 0.924. The van der Waals surface area contributed by atoms with Gasteiger partial charge in [0.15, 0.2) is 0 Å². The van der Waals surface area contributed by atoms with E-state index in [-0.39, 0.29) is 10.5 Å². The first kappa shape index (κ1) is 16.6. The lowest BCUT2D eigenvalue weighted by molar-refractivity contribution is 0.102. The molecular weight excluding hydrogens is 331 g/mol. The van der Waals surface area contributed by atoms with E-state index in [4.69, 9.17) is 0 Å². The highest BCUT2D eigenvalue weighted by Crippen LogP contribution is 2.22. The van der Waals surface area contributed by atoms with E-state index in [1.165, 1.54) is 46.8 Å². The first-order valence-electron chi connectivity index (χ1n) is 7.64. The fourth-order valence-electron chi connectivity index (χ4n) is 2.62. The summed E-state index contributed by atoms with van der Waals surface area (Å²) >= 11 is 0. The summed E-state index contributed by atoms with van der Waals surface area (Å²) in [7, 11) is -3.47. The molecule has 0 unspecified atom stereocenters. The minimum Gasteiger partial charge on any atom is -0.322 e. The van der Waals surface area contributed by atoms with Crippen molar-refractivity contribution < 1.29 is 17.6 Å². The highest BCUT2D eigenvalue weighted by Gasteiger charge is 2.26. The first-order chi connectivity index (χ1) is 11.5. The predicted octanol–water partition coefficient (Wildman–Crippen LogP) is 2.86. The van der Waals surface area contributed by atoms with Gasteiger partial charge in [0.1, 0.15) is 5.82 Å². The molecule has 0 radical (unpaired) electrons. The van der Waals surface area contributed by atoms with Crippen LogP contribution in [0.25, 0.3) is 0 Å². The van der Waals surface area contributed by atoms with Crippen LogP contribution in [0.3, 0.4) is 0 Å². The van der Waals surface area contributed by atoms with Gasteiger partial charge in [0.2, 0.25) is 10.0 Å². The topological polar surface area (TPSA) is 66.5 Å². The Hall–Kier alpha value is -2.25. The molecule has 0 aliphatic carbocycles. The molecule has 7 heteroatoms. The highest BCUT2D eigenvalue weighted by molar-refractivity contribution is 7.89. The molecule has 0 bridgehead atoms. The molecule has 5 nitrogen and oxygen atoms in total. The second-order valence-corrected chi connectivity index (χ2v) is 7.54. The standard InChI is InChI=1S/C17H17FN2O3S/c18-14-5-3-4-13(12-14)17(21)19-15-6-8-16(9-7-15)24(22,23)20-10-1-2-11-20/h3-9,12H,1-2,10-11H2,(H,19,21). The zero-order chi connectivity index (χ0) is 17.2. The Balaban J connectivity index is 1.74. The molecule has 3 rings (SSSR count). The zero-order valence-electron chi connectivity index (χ0n) is 12.9. The van der Waals surface area contributed by atoms with Crippen molar-refractivity contribution in [2.24, 2.45) is 0 Å². The van der Waals surface area contributed by atoms with Crippen molar-refractivity contribution in [1.82, 2.24) is 4.31 Å². The number of rotatable bonds is 4. The normalized spacial score (nSPS) is 15.4. The van der Waals surface area contributed by atoms with E-state index < -0.39 is 21.7 Å². The van der Waals surface area contributed by atoms with E-state index in [0.29, 0.717) is 18.8 Å². The number of amides is 1. The van der Waals surface area contributed by atoms with Crippen LogP contribution >= 0.6 is 0 Å². The molecule has 0 saturated carbocycles. The van der Waals surface area contributed by atoms with Crippen molar-refractivity contribution in [2.75, 3.05) is 18.4 Å². The molecule has 126 valence electrons. The minimum absolute atomic E-state index is 0.198. The van der Waals surface area contributed by atoms with Crippen LogP contribution in [0, 0.1) is 5.82 Å². The number of carbonyl (C=O) groups excluding carboxylic acids is 1. The molecule has 1 aliphatic rings. The van der Waals surface area contributed by atoms with Gasteiger partial charge in [-0.15, -0.1) is 0 Å². The number of sulfonamides is 1. The van der Waals surface area contributed by atoms with Gasteiger partial charge in [0.05, 0.1) is 4.90 Å². The summed E-state index contributed by atoms with van der Waals surface area (Å²) in [6, 6.07) is 11.3. The maximum atomic E-state index is 13.1. The molecule has 1 heterocycles. The van der Waals surface area contributed by atoms with Crippen LogP contribution in [-0.2, 0) is 10.0 Å². The van der Waals surface area contributed by atoms with Crippen LogP contribution in [-0.4, -0.2) is 31.7 Å². The van der Waals surface area contributed by atoms with Crippen molar-refractivity contribution in [2.45, 2.75) is 17.7 Å². The number of hydrogen-bond donors (Lipinski definition) is 1. The minimum atomic E-state index is -3.47. The largest absolute Gasteiger partial charge is 0.322 e. The lowest BCUT2D eigenvalue weighted by Gasteiger charge is -2.15. The van der Waals surface area contributed by atoms with Gasteiger partial charge in [-0.25, -0.2) is 12.8 Å². The molecule has 1 aliphatic heterocycles. The van der Waals surface area contributed by atoms with E-state index in [9.17, 15) is 17.6 Å². The van der Waals surface area contributed by atoms with Gasteiger partial charge in [-0.1, -0.05) is 6.07 Å². The van der Waals surface area contributed by atoms with Crippen LogP contribution in [0.15, 0.2) is 53.4 Å². The number of anilines is 1. The Labute approximate surface area is 140 Å². The molecule has 1 fully saturated rings. The molecule has 0 spiro atoms. The zero-order valence-corrected chi connectivity index (χ0v) is 13.7. The third-order valence-corrected chi connectivity index (χ3v) is 5.81. The van der Waals surface area contributed by atoms with E-state index >= 15 is 0 Å². The summed E-state index contributed by atoms with van der Waals surface area (Å²) in [4.78, 5) is 12.3. The van der Waals surface area contributed by atoms with Crippen molar-refractivity contribution in [3.05, 3.63) is 59.9 Å². The first-order valence-corrected chi connectivity index (χ1v) is 9.08. The summed E-state index contributed by atoms with van der Waals surface area (Å²) in [6.45, 7) is 1.08. The van der Waals surface area contributed by atoms with E-state index in [0.717, 1.165) is 18.9 Å². The molecule has 0 aromatic heterocycles. The average molecular weight is 348 g/mol. The van der Waals surface area contributed by atoms with Gasteiger partial charge in [0, 0.05) is 24.3 Å². The number of carbonyl (C=O) groups is 1. The lowest BCUT2D eigenvalue weighted by Crippen LogP contribution is -2.27. The van der Waals surface area contributed by atoms with Gasteiger partial charge in [0.25, 0.3) is 5.91 Å². The van der Waals surface area contributed by atoms with Crippen molar-refractivity contribution in [3.63, 3.8) is 0 Å². The summed E-state index contributed by atoms with van der Waals surface area (Å²) < 4.78 is 39.5. The molecule has 2 aromatic carbocycles. The van der Waals surface area contributed by atoms with Crippen LogP contribution in [0.4, 0.5) is 10.1 Å². The maximum absolute atomic E-state index is 13.1. The SMILES string of the molecule is O=C(Nc1ccc(S(=O)(=O)N2CCCC2)cc1)c1cccc(F)c1. The van der Waals surface area contributed by atoms with Gasteiger partial charge in [-0.2, -0.15) is 4.31 Å². The van der Waals surface area contributed by atoms with Crippen molar-refractivity contribution in [3.8, 4) is 0 Å². The molecule has 2 aromatic rings. The fourth-order valence-corrected chi connectivity index (χ4v) is 4.14. The Kier molecular flexibility index (Phi) is 4.64. The molecule has 1 saturated heterocycles. The molecule has 0 atom stereocenters. The summed E-state index contributed by atoms with van der Waals surface area (Å²) in [5, 5.41) is 2.62. The molecule has 1 N–H and O–H groups in total. The smallest absolute Gasteiger partial charge is 0.255 e. The Bertz CT molecular complexity index is 844. The third kappa shape index (κ3) is 3.47. The van der Waals surface area contributed by atoms with Gasteiger partial charge in [-0.3, -0.25) is 4.79 Å². The van der Waals surface area contributed by atoms with E-state index in [2.05, 4.69) is 5.32 Å². The second-order valence-electron chi connectivity index (χ2n) is 5.60. The average Bonchev–Trinajstić information content (AvgIpc) is 3.10. The lowest BCUT2D eigenvalue weighted by atomic mass is 10.2.